The minimum Gasteiger partial charge on any atom is -0.481 e. The Morgan fingerprint density at radius 3 is 2.27 bits per heavy atom. The molecule has 3 nitrogen and oxygen atoms in total. The number of halogens is 1. The molecule has 4 fully saturated rings. The van der Waals surface area contributed by atoms with Crippen LogP contribution in [0.3, 0.4) is 0 Å². The van der Waals surface area contributed by atoms with Gasteiger partial charge in [-0.1, -0.05) is 36.7 Å². The van der Waals surface area contributed by atoms with Crippen molar-refractivity contribution in [3.63, 3.8) is 0 Å². The molecule has 1 atom stereocenters. The molecule has 0 saturated heterocycles. The molecule has 0 aliphatic heterocycles. The summed E-state index contributed by atoms with van der Waals surface area (Å²) in [6, 6.07) is 15.8. The third kappa shape index (κ3) is 3.85. The average Bonchev–Trinajstić information content (AvgIpc) is 2.71. The molecule has 4 bridgehead atoms. The van der Waals surface area contributed by atoms with E-state index in [-0.39, 0.29) is 5.91 Å². The molecule has 0 aromatic heterocycles. The van der Waals surface area contributed by atoms with Crippen LogP contribution in [0.2, 0.25) is 5.02 Å². The molecule has 0 unspecified atom stereocenters. The lowest BCUT2D eigenvalue weighted by Gasteiger charge is -2.57. The van der Waals surface area contributed by atoms with Gasteiger partial charge >= 0.3 is 0 Å². The monoisotopic (exact) mass is 423 g/mol. The van der Waals surface area contributed by atoms with Gasteiger partial charge in [-0.15, -0.1) is 0 Å². The lowest BCUT2D eigenvalue weighted by Crippen LogP contribution is -2.48. The molecule has 30 heavy (non-hydrogen) atoms. The van der Waals surface area contributed by atoms with Crippen molar-refractivity contribution in [3.05, 3.63) is 59.1 Å². The summed E-state index contributed by atoms with van der Waals surface area (Å²) in [6.07, 6.45) is 8.48. The molecule has 6 rings (SSSR count). The maximum Gasteiger partial charge on any atom is 0.265 e. The highest BCUT2D eigenvalue weighted by Crippen LogP contribution is 2.60. The summed E-state index contributed by atoms with van der Waals surface area (Å²) < 4.78 is 5.87. The van der Waals surface area contributed by atoms with Crippen LogP contribution in [0.5, 0.6) is 5.75 Å². The molecule has 1 amide bonds. The van der Waals surface area contributed by atoms with E-state index in [1.165, 1.54) is 44.1 Å². The standard InChI is InChI=1S/C26H30ClNO2/c1-2-24(30-23-5-3-4-21(27)13-23)25(29)28-22-8-6-20(7-9-22)26-14-17-10-18(15-26)12-19(11-17)16-26/h3-9,13,17-19,24H,2,10-12,14-16H2,1H3,(H,28,29)/t17?,18?,19?,24-,26?/m0/s1. The van der Waals surface area contributed by atoms with Crippen molar-refractivity contribution in [1.29, 1.82) is 0 Å². The number of amides is 1. The van der Waals surface area contributed by atoms with E-state index in [0.717, 1.165) is 23.4 Å². The van der Waals surface area contributed by atoms with Gasteiger partial charge in [0.1, 0.15) is 5.75 Å². The van der Waals surface area contributed by atoms with E-state index in [2.05, 4.69) is 29.6 Å². The molecule has 0 spiro atoms. The number of hydrogen-bond acceptors (Lipinski definition) is 2. The van der Waals surface area contributed by atoms with Crippen LogP contribution in [0.1, 0.15) is 57.4 Å². The van der Waals surface area contributed by atoms with E-state index in [1.54, 1.807) is 12.1 Å². The minimum absolute atomic E-state index is 0.125. The van der Waals surface area contributed by atoms with Crippen molar-refractivity contribution >= 4 is 23.2 Å². The third-order valence-corrected chi connectivity index (χ3v) is 7.78. The van der Waals surface area contributed by atoms with Gasteiger partial charge in [0.25, 0.3) is 5.91 Å². The number of hydrogen-bond donors (Lipinski definition) is 1. The molecule has 4 heteroatoms. The fraction of sp³-hybridized carbons (Fsp3) is 0.500. The fourth-order valence-electron chi connectivity index (χ4n) is 6.62. The maximum atomic E-state index is 12.8. The predicted octanol–water partition coefficient (Wildman–Crippen LogP) is 6.60. The molecule has 0 radical (unpaired) electrons. The normalized spacial score (nSPS) is 30.1. The highest BCUT2D eigenvalue weighted by atomic mass is 35.5. The summed E-state index contributed by atoms with van der Waals surface area (Å²) in [7, 11) is 0. The van der Waals surface area contributed by atoms with Crippen molar-refractivity contribution in [3.8, 4) is 5.75 Å². The van der Waals surface area contributed by atoms with Crippen molar-refractivity contribution < 1.29 is 9.53 Å². The number of rotatable bonds is 6. The molecule has 2 aromatic carbocycles. The van der Waals surface area contributed by atoms with E-state index < -0.39 is 6.10 Å². The molecular formula is C26H30ClNO2. The van der Waals surface area contributed by atoms with Gasteiger partial charge in [-0.05, 0) is 104 Å². The van der Waals surface area contributed by atoms with Gasteiger partial charge in [0.05, 0.1) is 0 Å². The van der Waals surface area contributed by atoms with Gasteiger partial charge < -0.3 is 10.1 Å². The molecule has 1 N–H and O–H groups in total. The van der Waals surface area contributed by atoms with Gasteiger partial charge in [0.15, 0.2) is 6.10 Å². The number of carbonyl (C=O) groups excluding carboxylic acids is 1. The van der Waals surface area contributed by atoms with Crippen LogP contribution in [0.15, 0.2) is 48.5 Å². The second-order valence-corrected chi connectivity index (χ2v) is 10.2. The highest BCUT2D eigenvalue weighted by Gasteiger charge is 2.51. The van der Waals surface area contributed by atoms with Crippen LogP contribution in [-0.2, 0) is 10.2 Å². The molecule has 4 aliphatic rings. The van der Waals surface area contributed by atoms with Crippen molar-refractivity contribution in [2.24, 2.45) is 17.8 Å². The average molecular weight is 424 g/mol. The summed E-state index contributed by atoms with van der Waals surface area (Å²) in [4.78, 5) is 12.8. The first-order chi connectivity index (χ1) is 14.5. The number of ether oxygens (including phenoxy) is 1. The number of nitrogens with one attached hydrogen (secondary N) is 1. The predicted molar refractivity (Wildman–Crippen MR) is 121 cm³/mol. The maximum absolute atomic E-state index is 12.8. The lowest BCUT2D eigenvalue weighted by atomic mass is 9.48. The van der Waals surface area contributed by atoms with Gasteiger partial charge in [0, 0.05) is 10.7 Å². The van der Waals surface area contributed by atoms with Gasteiger partial charge in [0.2, 0.25) is 0 Å². The first kappa shape index (κ1) is 19.9. The third-order valence-electron chi connectivity index (χ3n) is 7.54. The number of benzene rings is 2. The summed E-state index contributed by atoms with van der Waals surface area (Å²) in [5.74, 6) is 3.29. The SMILES string of the molecule is CC[C@H](Oc1cccc(Cl)c1)C(=O)Nc1ccc(C23CC4CC(CC(C4)C2)C3)cc1. The smallest absolute Gasteiger partial charge is 0.265 e. The highest BCUT2D eigenvalue weighted by molar-refractivity contribution is 6.30. The Bertz CT molecular complexity index is 888. The topological polar surface area (TPSA) is 38.3 Å². The molecule has 2 aromatic rings. The Balaban J connectivity index is 1.26. The Labute approximate surface area is 184 Å². The molecule has 4 saturated carbocycles. The largest absolute Gasteiger partial charge is 0.481 e. The van der Waals surface area contributed by atoms with Crippen molar-refractivity contribution in [2.45, 2.75) is 63.4 Å². The second-order valence-electron chi connectivity index (χ2n) is 9.74. The molecule has 0 heterocycles. The van der Waals surface area contributed by atoms with Crippen LogP contribution >= 0.6 is 11.6 Å². The van der Waals surface area contributed by atoms with Crippen LogP contribution in [0.25, 0.3) is 0 Å². The van der Waals surface area contributed by atoms with Crippen LogP contribution < -0.4 is 10.1 Å². The zero-order chi connectivity index (χ0) is 20.7. The zero-order valence-electron chi connectivity index (χ0n) is 17.6. The summed E-state index contributed by atoms with van der Waals surface area (Å²) >= 11 is 6.03. The quantitative estimate of drug-likeness (QED) is 0.568. The zero-order valence-corrected chi connectivity index (χ0v) is 18.3. The van der Waals surface area contributed by atoms with Crippen molar-refractivity contribution in [1.82, 2.24) is 0 Å². The Hall–Kier alpha value is -2.00. The van der Waals surface area contributed by atoms with Gasteiger partial charge in [-0.25, -0.2) is 0 Å². The molecule has 158 valence electrons. The Kier molecular flexibility index (Phi) is 5.26. The Morgan fingerprint density at radius 1 is 1.07 bits per heavy atom. The van der Waals surface area contributed by atoms with E-state index in [1.807, 2.05) is 19.1 Å². The van der Waals surface area contributed by atoms with E-state index in [0.29, 0.717) is 22.6 Å². The second kappa shape index (κ2) is 7.92. The molecule has 4 aliphatic carbocycles. The van der Waals surface area contributed by atoms with Crippen LogP contribution in [0, 0.1) is 17.8 Å². The first-order valence-corrected chi connectivity index (χ1v) is 11.7. The summed E-state index contributed by atoms with van der Waals surface area (Å²) in [5, 5.41) is 3.63. The van der Waals surface area contributed by atoms with Crippen LogP contribution in [0.4, 0.5) is 5.69 Å². The number of carbonyl (C=O) groups is 1. The lowest BCUT2D eigenvalue weighted by molar-refractivity contribution is -0.122. The summed E-state index contributed by atoms with van der Waals surface area (Å²) in [6.45, 7) is 1.95. The summed E-state index contributed by atoms with van der Waals surface area (Å²) in [5.41, 5.74) is 2.70. The van der Waals surface area contributed by atoms with Crippen molar-refractivity contribution in [2.75, 3.05) is 5.32 Å². The molecular weight excluding hydrogens is 394 g/mol. The number of anilines is 1. The minimum atomic E-state index is -0.550. The van der Waals surface area contributed by atoms with Crippen LogP contribution in [-0.4, -0.2) is 12.0 Å². The fourth-order valence-corrected chi connectivity index (χ4v) is 6.80. The van der Waals surface area contributed by atoms with E-state index in [9.17, 15) is 4.79 Å². The van der Waals surface area contributed by atoms with E-state index in [4.69, 9.17) is 16.3 Å². The van der Waals surface area contributed by atoms with Gasteiger partial charge in [-0.3, -0.25) is 4.79 Å². The Morgan fingerprint density at radius 2 is 1.70 bits per heavy atom. The first-order valence-electron chi connectivity index (χ1n) is 11.4. The van der Waals surface area contributed by atoms with E-state index >= 15 is 0 Å². The van der Waals surface area contributed by atoms with Gasteiger partial charge in [-0.2, -0.15) is 0 Å².